The molecule has 1 unspecified atom stereocenters. The molecule has 2 N–H and O–H groups in total. The van der Waals surface area contributed by atoms with Crippen LogP contribution in [0.15, 0.2) is 54.6 Å². The second-order valence-electron chi connectivity index (χ2n) is 6.20. The molecule has 1 amide bonds. The molecule has 0 aliphatic rings. The Hall–Kier alpha value is -2.49. The molecule has 4 nitrogen and oxygen atoms in total. The van der Waals surface area contributed by atoms with Gasteiger partial charge in [-0.15, -0.1) is 0 Å². The maximum atomic E-state index is 11.8. The number of nitrogens with one attached hydrogen (secondary N) is 2. The molecule has 134 valence electrons. The van der Waals surface area contributed by atoms with Crippen molar-refractivity contribution in [3.05, 3.63) is 60.2 Å². The number of anilines is 1. The lowest BCUT2D eigenvalue weighted by Crippen LogP contribution is -2.36. The van der Waals surface area contributed by atoms with Crippen molar-refractivity contribution in [3.8, 4) is 5.75 Å². The van der Waals surface area contributed by atoms with Crippen LogP contribution in [0.1, 0.15) is 32.3 Å². The molecule has 0 radical (unpaired) electrons. The number of hydrogen-bond acceptors (Lipinski definition) is 3. The highest BCUT2D eigenvalue weighted by molar-refractivity contribution is 5.81. The third-order valence-corrected chi connectivity index (χ3v) is 4.03. The molecule has 0 aliphatic heterocycles. The van der Waals surface area contributed by atoms with E-state index in [1.165, 1.54) is 5.56 Å². The van der Waals surface area contributed by atoms with Gasteiger partial charge in [0.05, 0.1) is 13.2 Å². The second kappa shape index (κ2) is 10.4. The van der Waals surface area contributed by atoms with Gasteiger partial charge in [-0.2, -0.15) is 0 Å². The van der Waals surface area contributed by atoms with Gasteiger partial charge in [0.25, 0.3) is 0 Å². The van der Waals surface area contributed by atoms with Crippen molar-refractivity contribution in [2.75, 3.05) is 18.5 Å². The largest absolute Gasteiger partial charge is 0.494 e. The van der Waals surface area contributed by atoms with Crippen molar-refractivity contribution in [1.82, 2.24) is 5.32 Å². The summed E-state index contributed by atoms with van der Waals surface area (Å²) in [7, 11) is 0. The first-order valence-corrected chi connectivity index (χ1v) is 8.97. The Morgan fingerprint density at radius 2 is 1.92 bits per heavy atom. The van der Waals surface area contributed by atoms with E-state index in [9.17, 15) is 4.79 Å². The van der Waals surface area contributed by atoms with Gasteiger partial charge < -0.3 is 15.4 Å². The third-order valence-electron chi connectivity index (χ3n) is 4.03. The molecule has 0 aromatic heterocycles. The average Bonchev–Trinajstić information content (AvgIpc) is 2.65. The zero-order chi connectivity index (χ0) is 17.9. The number of carbonyl (C=O) groups excluding carboxylic acids is 1. The monoisotopic (exact) mass is 340 g/mol. The molecule has 2 rings (SSSR count). The van der Waals surface area contributed by atoms with Gasteiger partial charge in [-0.05, 0) is 43.9 Å². The Morgan fingerprint density at radius 3 is 2.68 bits per heavy atom. The van der Waals surface area contributed by atoms with Gasteiger partial charge >= 0.3 is 0 Å². The summed E-state index contributed by atoms with van der Waals surface area (Å²) < 4.78 is 5.82. The predicted molar refractivity (Wildman–Crippen MR) is 103 cm³/mol. The van der Waals surface area contributed by atoms with Gasteiger partial charge in [0, 0.05) is 17.8 Å². The van der Waals surface area contributed by atoms with Crippen LogP contribution in [0.2, 0.25) is 0 Å². The summed E-state index contributed by atoms with van der Waals surface area (Å²) in [5.74, 6) is 0.823. The highest BCUT2D eigenvalue weighted by Crippen LogP contribution is 2.17. The molecule has 0 fully saturated rings. The predicted octanol–water partition coefficient (Wildman–Crippen LogP) is 4.02. The summed E-state index contributed by atoms with van der Waals surface area (Å²) in [4.78, 5) is 11.8. The molecular weight excluding hydrogens is 312 g/mol. The van der Waals surface area contributed by atoms with Crippen LogP contribution in [0.25, 0.3) is 0 Å². The smallest absolute Gasteiger partial charge is 0.239 e. The summed E-state index contributed by atoms with van der Waals surface area (Å²) in [5, 5.41) is 6.08. The van der Waals surface area contributed by atoms with Crippen LogP contribution in [0.4, 0.5) is 5.69 Å². The van der Waals surface area contributed by atoms with E-state index in [2.05, 4.69) is 41.8 Å². The second-order valence-corrected chi connectivity index (χ2v) is 6.20. The van der Waals surface area contributed by atoms with Gasteiger partial charge in [0.1, 0.15) is 5.75 Å². The number of amides is 1. The molecule has 1 atom stereocenters. The van der Waals surface area contributed by atoms with E-state index in [0.717, 1.165) is 30.7 Å². The summed E-state index contributed by atoms with van der Waals surface area (Å²) >= 11 is 0. The molecule has 0 heterocycles. The van der Waals surface area contributed by atoms with E-state index in [1.54, 1.807) is 0 Å². The van der Waals surface area contributed by atoms with Crippen LogP contribution in [0.3, 0.4) is 0 Å². The molecule has 0 spiro atoms. The van der Waals surface area contributed by atoms with E-state index in [0.29, 0.717) is 6.61 Å². The first-order valence-electron chi connectivity index (χ1n) is 8.97. The van der Waals surface area contributed by atoms with Crippen molar-refractivity contribution < 1.29 is 9.53 Å². The lowest BCUT2D eigenvalue weighted by molar-refractivity contribution is -0.120. The van der Waals surface area contributed by atoms with E-state index >= 15 is 0 Å². The number of hydrogen-bond donors (Lipinski definition) is 2. The SMILES string of the molecule is CCC(C)NC(=O)CNc1cccc(OCCCc2ccccc2)c1. The molecule has 0 saturated carbocycles. The molecule has 2 aromatic rings. The van der Waals surface area contributed by atoms with Crippen LogP contribution in [-0.2, 0) is 11.2 Å². The zero-order valence-corrected chi connectivity index (χ0v) is 15.1. The quantitative estimate of drug-likeness (QED) is 0.642. The maximum absolute atomic E-state index is 11.8. The first kappa shape index (κ1) is 18.8. The van der Waals surface area contributed by atoms with Crippen LogP contribution in [0.5, 0.6) is 5.75 Å². The molecule has 0 saturated heterocycles. The topological polar surface area (TPSA) is 50.4 Å². The van der Waals surface area contributed by atoms with Gasteiger partial charge in [-0.1, -0.05) is 43.3 Å². The van der Waals surface area contributed by atoms with Crippen LogP contribution in [0, 0.1) is 0 Å². The van der Waals surface area contributed by atoms with Crippen LogP contribution in [-0.4, -0.2) is 25.1 Å². The van der Waals surface area contributed by atoms with Crippen LogP contribution >= 0.6 is 0 Å². The normalized spacial score (nSPS) is 11.6. The number of benzene rings is 2. The lowest BCUT2D eigenvalue weighted by Gasteiger charge is -2.13. The summed E-state index contributed by atoms with van der Waals surface area (Å²) in [6.45, 7) is 4.99. The number of ether oxygens (including phenoxy) is 1. The average molecular weight is 340 g/mol. The lowest BCUT2D eigenvalue weighted by atomic mass is 10.1. The van der Waals surface area contributed by atoms with Crippen molar-refractivity contribution in [3.63, 3.8) is 0 Å². The minimum atomic E-state index is 0.00327. The van der Waals surface area contributed by atoms with Crippen LogP contribution < -0.4 is 15.4 Å². The Kier molecular flexibility index (Phi) is 7.83. The van der Waals surface area contributed by atoms with Gasteiger partial charge in [-0.3, -0.25) is 4.79 Å². The summed E-state index contributed by atoms with van der Waals surface area (Å²) in [6.07, 6.45) is 2.91. The highest BCUT2D eigenvalue weighted by Gasteiger charge is 2.05. The number of carbonyl (C=O) groups is 1. The van der Waals surface area contributed by atoms with Gasteiger partial charge in [0.15, 0.2) is 0 Å². The van der Waals surface area contributed by atoms with Gasteiger partial charge in [-0.25, -0.2) is 0 Å². The minimum Gasteiger partial charge on any atom is -0.494 e. The Labute approximate surface area is 150 Å². The molecule has 2 aromatic carbocycles. The van der Waals surface area contributed by atoms with E-state index in [4.69, 9.17) is 4.74 Å². The third kappa shape index (κ3) is 7.29. The molecular formula is C21H28N2O2. The highest BCUT2D eigenvalue weighted by atomic mass is 16.5. The fourth-order valence-corrected chi connectivity index (χ4v) is 2.42. The summed E-state index contributed by atoms with van der Waals surface area (Å²) in [5.41, 5.74) is 2.22. The van der Waals surface area contributed by atoms with Crippen molar-refractivity contribution in [2.45, 2.75) is 39.2 Å². The van der Waals surface area contributed by atoms with Crippen molar-refractivity contribution in [2.24, 2.45) is 0 Å². The Bertz CT molecular complexity index is 643. The molecule has 4 heteroatoms. The number of aryl methyl sites for hydroxylation is 1. The van der Waals surface area contributed by atoms with E-state index in [1.807, 2.05) is 37.3 Å². The molecule has 0 bridgehead atoms. The fraction of sp³-hybridized carbons (Fsp3) is 0.381. The van der Waals surface area contributed by atoms with Crippen molar-refractivity contribution >= 4 is 11.6 Å². The number of rotatable bonds is 10. The summed E-state index contributed by atoms with van der Waals surface area (Å²) in [6, 6.07) is 18.4. The maximum Gasteiger partial charge on any atom is 0.239 e. The fourth-order valence-electron chi connectivity index (χ4n) is 2.42. The van der Waals surface area contributed by atoms with E-state index in [-0.39, 0.29) is 18.5 Å². The molecule has 0 aliphatic carbocycles. The minimum absolute atomic E-state index is 0.00327. The zero-order valence-electron chi connectivity index (χ0n) is 15.1. The molecule has 25 heavy (non-hydrogen) atoms. The Balaban J connectivity index is 1.72. The standard InChI is InChI=1S/C21H28N2O2/c1-3-17(2)23-21(24)16-22-19-12-7-13-20(15-19)25-14-8-11-18-9-5-4-6-10-18/h4-7,9-10,12-13,15,17,22H,3,8,11,14,16H2,1-2H3,(H,23,24). The van der Waals surface area contributed by atoms with E-state index < -0.39 is 0 Å². The van der Waals surface area contributed by atoms with Crippen molar-refractivity contribution in [1.29, 1.82) is 0 Å². The Morgan fingerprint density at radius 1 is 1.12 bits per heavy atom. The first-order chi connectivity index (χ1) is 12.2. The van der Waals surface area contributed by atoms with Gasteiger partial charge in [0.2, 0.25) is 5.91 Å².